The van der Waals surface area contributed by atoms with Crippen molar-refractivity contribution in [3.05, 3.63) is 59.7 Å². The van der Waals surface area contributed by atoms with Crippen molar-refractivity contribution in [2.45, 2.75) is 19.3 Å². The molecule has 0 aliphatic heterocycles. The molecule has 0 radical (unpaired) electrons. The Morgan fingerprint density at radius 3 is 2.48 bits per heavy atom. The molecule has 2 aromatic carbocycles. The predicted molar refractivity (Wildman–Crippen MR) is 97.2 cm³/mol. The number of rotatable bonds is 6. The SMILES string of the molecule is COc1ccc(/C(C)=N\NC(=O)C2CC2c2ccccc2)cc1OC. The Kier molecular flexibility index (Phi) is 5.03. The zero-order valence-electron chi connectivity index (χ0n) is 14.7. The van der Waals surface area contributed by atoms with E-state index in [1.165, 1.54) is 5.56 Å². The number of hydrazone groups is 1. The van der Waals surface area contributed by atoms with Crippen molar-refractivity contribution >= 4 is 11.6 Å². The zero-order chi connectivity index (χ0) is 17.8. The lowest BCUT2D eigenvalue weighted by atomic mass is 10.1. The van der Waals surface area contributed by atoms with E-state index in [0.29, 0.717) is 23.1 Å². The van der Waals surface area contributed by atoms with Crippen LogP contribution in [0.5, 0.6) is 11.5 Å². The van der Waals surface area contributed by atoms with E-state index in [-0.39, 0.29) is 11.8 Å². The molecule has 2 atom stereocenters. The summed E-state index contributed by atoms with van der Waals surface area (Å²) in [6.45, 7) is 1.85. The summed E-state index contributed by atoms with van der Waals surface area (Å²) < 4.78 is 10.5. The van der Waals surface area contributed by atoms with Crippen LogP contribution in [0.3, 0.4) is 0 Å². The van der Waals surface area contributed by atoms with Crippen molar-refractivity contribution in [2.24, 2.45) is 11.0 Å². The highest BCUT2D eigenvalue weighted by molar-refractivity contribution is 6.00. The van der Waals surface area contributed by atoms with Gasteiger partial charge in [0.15, 0.2) is 11.5 Å². The molecule has 3 rings (SSSR count). The molecule has 5 nitrogen and oxygen atoms in total. The number of benzene rings is 2. The van der Waals surface area contributed by atoms with Crippen LogP contribution in [0, 0.1) is 5.92 Å². The maximum Gasteiger partial charge on any atom is 0.243 e. The minimum absolute atomic E-state index is 0.00403. The van der Waals surface area contributed by atoms with Crippen molar-refractivity contribution < 1.29 is 14.3 Å². The summed E-state index contributed by atoms with van der Waals surface area (Å²) in [5.41, 5.74) is 5.48. The second-order valence-electron chi connectivity index (χ2n) is 6.10. The molecule has 2 aromatic rings. The molecule has 0 bridgehead atoms. The van der Waals surface area contributed by atoms with E-state index < -0.39 is 0 Å². The first-order valence-electron chi connectivity index (χ1n) is 8.25. The van der Waals surface area contributed by atoms with E-state index in [1.807, 2.05) is 43.3 Å². The van der Waals surface area contributed by atoms with Gasteiger partial charge in [0, 0.05) is 11.5 Å². The van der Waals surface area contributed by atoms with Crippen LogP contribution in [-0.4, -0.2) is 25.8 Å². The van der Waals surface area contributed by atoms with Crippen LogP contribution in [0.1, 0.15) is 30.4 Å². The van der Waals surface area contributed by atoms with E-state index >= 15 is 0 Å². The second kappa shape index (κ2) is 7.38. The van der Waals surface area contributed by atoms with Gasteiger partial charge < -0.3 is 9.47 Å². The van der Waals surface area contributed by atoms with Gasteiger partial charge in [-0.1, -0.05) is 30.3 Å². The molecule has 0 aromatic heterocycles. The maximum atomic E-state index is 12.3. The fourth-order valence-corrected chi connectivity index (χ4v) is 2.90. The van der Waals surface area contributed by atoms with E-state index in [9.17, 15) is 4.79 Å². The van der Waals surface area contributed by atoms with Gasteiger partial charge in [0.05, 0.1) is 19.9 Å². The van der Waals surface area contributed by atoms with Gasteiger partial charge in [0.25, 0.3) is 0 Å². The average molecular weight is 338 g/mol. The molecule has 130 valence electrons. The van der Waals surface area contributed by atoms with Crippen LogP contribution in [0.2, 0.25) is 0 Å². The van der Waals surface area contributed by atoms with Gasteiger partial charge in [0.1, 0.15) is 0 Å². The van der Waals surface area contributed by atoms with Gasteiger partial charge in [-0.15, -0.1) is 0 Å². The van der Waals surface area contributed by atoms with E-state index in [0.717, 1.165) is 12.0 Å². The minimum Gasteiger partial charge on any atom is -0.493 e. The molecule has 25 heavy (non-hydrogen) atoms. The fraction of sp³-hybridized carbons (Fsp3) is 0.300. The third-order valence-electron chi connectivity index (χ3n) is 4.49. The Morgan fingerprint density at radius 2 is 1.80 bits per heavy atom. The van der Waals surface area contributed by atoms with Crippen molar-refractivity contribution in [1.29, 1.82) is 0 Å². The number of hydrogen-bond acceptors (Lipinski definition) is 4. The molecular weight excluding hydrogens is 316 g/mol. The number of carbonyl (C=O) groups excluding carboxylic acids is 1. The molecule has 0 spiro atoms. The Balaban J connectivity index is 1.63. The molecule has 1 saturated carbocycles. The molecule has 0 heterocycles. The van der Waals surface area contributed by atoms with Gasteiger partial charge >= 0.3 is 0 Å². The first-order chi connectivity index (χ1) is 12.1. The smallest absolute Gasteiger partial charge is 0.243 e. The first kappa shape index (κ1) is 17.0. The predicted octanol–water partition coefficient (Wildman–Crippen LogP) is 3.35. The summed E-state index contributed by atoms with van der Waals surface area (Å²) in [6, 6.07) is 15.7. The van der Waals surface area contributed by atoms with E-state index in [1.54, 1.807) is 14.2 Å². The van der Waals surface area contributed by atoms with Crippen LogP contribution >= 0.6 is 0 Å². The first-order valence-corrected chi connectivity index (χ1v) is 8.25. The third kappa shape index (κ3) is 3.82. The summed E-state index contributed by atoms with van der Waals surface area (Å²) >= 11 is 0. The summed E-state index contributed by atoms with van der Waals surface area (Å²) in [5.74, 6) is 1.56. The van der Waals surface area contributed by atoms with Gasteiger partial charge in [-0.2, -0.15) is 5.10 Å². The Hall–Kier alpha value is -2.82. The van der Waals surface area contributed by atoms with Crippen LogP contribution in [0.15, 0.2) is 53.6 Å². The molecule has 5 heteroatoms. The summed E-state index contributed by atoms with van der Waals surface area (Å²) in [4.78, 5) is 12.3. The monoisotopic (exact) mass is 338 g/mol. The molecular formula is C20H22N2O3. The summed E-state index contributed by atoms with van der Waals surface area (Å²) in [6.07, 6.45) is 0.876. The number of amides is 1. The number of nitrogens with one attached hydrogen (secondary N) is 1. The lowest BCUT2D eigenvalue weighted by Crippen LogP contribution is -2.21. The molecule has 1 fully saturated rings. The average Bonchev–Trinajstić information content (AvgIpc) is 3.47. The molecule has 2 unspecified atom stereocenters. The van der Waals surface area contributed by atoms with Crippen LogP contribution < -0.4 is 14.9 Å². The molecule has 1 aliphatic rings. The van der Waals surface area contributed by atoms with Gasteiger partial charge in [-0.3, -0.25) is 4.79 Å². The summed E-state index contributed by atoms with van der Waals surface area (Å²) in [7, 11) is 3.18. The van der Waals surface area contributed by atoms with Crippen molar-refractivity contribution in [3.8, 4) is 11.5 Å². The second-order valence-corrected chi connectivity index (χ2v) is 6.10. The lowest BCUT2D eigenvalue weighted by Gasteiger charge is -2.09. The van der Waals surface area contributed by atoms with Crippen LogP contribution in [-0.2, 0) is 4.79 Å². The topological polar surface area (TPSA) is 59.9 Å². The highest BCUT2D eigenvalue weighted by Gasteiger charge is 2.43. The maximum absolute atomic E-state index is 12.3. The number of nitrogens with zero attached hydrogens (tertiary/aromatic N) is 1. The minimum atomic E-state index is -0.0336. The highest BCUT2D eigenvalue weighted by atomic mass is 16.5. The van der Waals surface area contributed by atoms with Crippen LogP contribution in [0.25, 0.3) is 0 Å². The van der Waals surface area contributed by atoms with E-state index in [2.05, 4.69) is 22.7 Å². The molecule has 0 saturated heterocycles. The van der Waals surface area contributed by atoms with Crippen LogP contribution in [0.4, 0.5) is 0 Å². The molecule has 1 N–H and O–H groups in total. The Morgan fingerprint density at radius 1 is 1.08 bits per heavy atom. The quantitative estimate of drug-likeness (QED) is 0.649. The number of ether oxygens (including phenoxy) is 2. The largest absolute Gasteiger partial charge is 0.493 e. The number of hydrogen-bond donors (Lipinski definition) is 1. The third-order valence-corrected chi connectivity index (χ3v) is 4.49. The standard InChI is InChI=1S/C20H22N2O3/c1-13(15-9-10-18(24-2)19(11-15)25-3)21-22-20(23)17-12-16(17)14-7-5-4-6-8-14/h4-11,16-17H,12H2,1-3H3,(H,22,23)/b21-13-. The molecule has 1 amide bonds. The van der Waals surface area contributed by atoms with E-state index in [4.69, 9.17) is 9.47 Å². The molecule has 1 aliphatic carbocycles. The highest BCUT2D eigenvalue weighted by Crippen LogP contribution is 2.47. The lowest BCUT2D eigenvalue weighted by molar-refractivity contribution is -0.122. The van der Waals surface area contributed by atoms with Crippen molar-refractivity contribution in [2.75, 3.05) is 14.2 Å². The number of methoxy groups -OCH3 is 2. The fourth-order valence-electron chi connectivity index (χ4n) is 2.90. The summed E-state index contributed by atoms with van der Waals surface area (Å²) in [5, 5.41) is 4.24. The van der Waals surface area contributed by atoms with Crippen molar-refractivity contribution in [1.82, 2.24) is 5.43 Å². The number of carbonyl (C=O) groups is 1. The zero-order valence-corrected chi connectivity index (χ0v) is 14.7. The Labute approximate surface area is 147 Å². The van der Waals surface area contributed by atoms with Crippen molar-refractivity contribution in [3.63, 3.8) is 0 Å². The normalized spacial score (nSPS) is 19.2. The van der Waals surface area contributed by atoms with Gasteiger partial charge in [-0.05, 0) is 43.0 Å². The van der Waals surface area contributed by atoms with Gasteiger partial charge in [-0.25, -0.2) is 5.43 Å². The van der Waals surface area contributed by atoms with Gasteiger partial charge in [0.2, 0.25) is 5.91 Å². The Bertz CT molecular complexity index is 787.